The molecule has 0 radical (unpaired) electrons. The molecule has 0 aromatic heterocycles. The Labute approximate surface area is 239 Å². The van der Waals surface area contributed by atoms with E-state index in [1.165, 1.54) is 12.1 Å². The Bertz CT molecular complexity index is 1380. The molecule has 0 atom stereocenters. The summed E-state index contributed by atoms with van der Waals surface area (Å²) < 4.78 is 18.5. The quantitative estimate of drug-likeness (QED) is 0.390. The number of rotatable bonds is 7. The number of carbonyl (C=O) groups is 3. The molecule has 1 aliphatic heterocycles. The Balaban J connectivity index is 1.52. The third-order valence-corrected chi connectivity index (χ3v) is 6.61. The van der Waals surface area contributed by atoms with Crippen LogP contribution in [-0.2, 0) is 6.54 Å². The number of halogens is 1. The fourth-order valence-electron chi connectivity index (χ4n) is 4.45. The number of amides is 4. The summed E-state index contributed by atoms with van der Waals surface area (Å²) in [5.41, 5.74) is 2.40. The number of nitrogens with one attached hydrogen (secondary N) is 3. The fraction of sp³-hybridized carbons (Fsp3) is 0.323. The van der Waals surface area contributed by atoms with Crippen molar-refractivity contribution in [2.75, 3.05) is 43.5 Å². The van der Waals surface area contributed by atoms with Gasteiger partial charge in [0, 0.05) is 55.2 Å². The van der Waals surface area contributed by atoms with Gasteiger partial charge in [-0.3, -0.25) is 9.59 Å². The average molecular weight is 562 g/mol. The predicted molar refractivity (Wildman–Crippen MR) is 157 cm³/mol. The number of ether oxygens (including phenoxy) is 1. The van der Waals surface area contributed by atoms with Gasteiger partial charge in [0.1, 0.15) is 11.6 Å². The first-order valence-corrected chi connectivity index (χ1v) is 13.5. The van der Waals surface area contributed by atoms with E-state index in [4.69, 9.17) is 4.74 Å². The maximum Gasteiger partial charge on any atom is 0.317 e. The number of hydrogen-bond acceptors (Lipinski definition) is 5. The Hall–Kier alpha value is -4.60. The summed E-state index contributed by atoms with van der Waals surface area (Å²) in [6.45, 7) is 8.08. The first-order chi connectivity index (χ1) is 19.5. The van der Waals surface area contributed by atoms with Crippen molar-refractivity contribution < 1.29 is 23.5 Å². The summed E-state index contributed by atoms with van der Waals surface area (Å²) in [4.78, 5) is 42.8. The van der Waals surface area contributed by atoms with Crippen molar-refractivity contribution in [3.05, 3.63) is 89.2 Å². The molecule has 4 rings (SSSR count). The lowest BCUT2D eigenvalue weighted by atomic mass is 10.1. The number of anilines is 2. The van der Waals surface area contributed by atoms with Gasteiger partial charge >= 0.3 is 6.03 Å². The molecule has 41 heavy (non-hydrogen) atoms. The Morgan fingerprint density at radius 2 is 1.54 bits per heavy atom. The summed E-state index contributed by atoms with van der Waals surface area (Å²) in [5, 5.41) is 8.75. The number of carbonyl (C=O) groups excluding carboxylic acids is 3. The molecule has 3 aromatic carbocycles. The molecule has 3 N–H and O–H groups in total. The third kappa shape index (κ3) is 7.97. The van der Waals surface area contributed by atoms with Gasteiger partial charge in [0.25, 0.3) is 11.8 Å². The van der Waals surface area contributed by atoms with Crippen molar-refractivity contribution >= 4 is 29.2 Å². The van der Waals surface area contributed by atoms with E-state index in [2.05, 4.69) is 20.9 Å². The molecule has 3 aromatic rings. The van der Waals surface area contributed by atoms with Gasteiger partial charge in [0.2, 0.25) is 0 Å². The number of nitrogens with zero attached hydrogens (tertiary/aromatic N) is 2. The van der Waals surface area contributed by atoms with Gasteiger partial charge in [0.05, 0.1) is 12.7 Å². The minimum atomic E-state index is -0.349. The first-order valence-electron chi connectivity index (χ1n) is 13.5. The van der Waals surface area contributed by atoms with Crippen molar-refractivity contribution in [3.8, 4) is 5.75 Å². The second-order valence-corrected chi connectivity index (χ2v) is 10.9. The highest BCUT2D eigenvalue weighted by Crippen LogP contribution is 2.27. The fourth-order valence-corrected chi connectivity index (χ4v) is 4.45. The largest absolute Gasteiger partial charge is 0.497 e. The molecule has 9 nitrogen and oxygen atoms in total. The third-order valence-electron chi connectivity index (χ3n) is 6.61. The molecule has 0 bridgehead atoms. The Morgan fingerprint density at radius 3 is 2.15 bits per heavy atom. The molecule has 216 valence electrons. The monoisotopic (exact) mass is 561 g/mol. The van der Waals surface area contributed by atoms with Crippen molar-refractivity contribution in [1.82, 2.24) is 15.5 Å². The van der Waals surface area contributed by atoms with Crippen LogP contribution in [-0.4, -0.2) is 61.6 Å². The molecule has 0 aliphatic carbocycles. The van der Waals surface area contributed by atoms with Gasteiger partial charge in [-0.15, -0.1) is 0 Å². The van der Waals surface area contributed by atoms with E-state index in [1.54, 1.807) is 66.6 Å². The number of methoxy groups -OCH3 is 1. The van der Waals surface area contributed by atoms with Crippen LogP contribution in [0.2, 0.25) is 0 Å². The van der Waals surface area contributed by atoms with Crippen LogP contribution in [0.4, 0.5) is 20.6 Å². The lowest BCUT2D eigenvalue weighted by molar-refractivity contribution is 0.0949. The molecule has 10 heteroatoms. The molecule has 1 heterocycles. The van der Waals surface area contributed by atoms with E-state index >= 15 is 0 Å². The average Bonchev–Trinajstić information content (AvgIpc) is 2.96. The molecular formula is C31H36FN5O4. The summed E-state index contributed by atoms with van der Waals surface area (Å²) in [5.74, 6) is -0.366. The second kappa shape index (κ2) is 12.7. The predicted octanol–water partition coefficient (Wildman–Crippen LogP) is 4.65. The smallest absolute Gasteiger partial charge is 0.317 e. The molecule has 0 saturated carbocycles. The summed E-state index contributed by atoms with van der Waals surface area (Å²) >= 11 is 0. The molecule has 0 unspecified atom stereocenters. The highest BCUT2D eigenvalue weighted by Gasteiger charge is 2.26. The second-order valence-electron chi connectivity index (χ2n) is 10.9. The van der Waals surface area contributed by atoms with E-state index in [-0.39, 0.29) is 35.7 Å². The van der Waals surface area contributed by atoms with Crippen molar-refractivity contribution in [2.24, 2.45) is 0 Å². The molecular weight excluding hydrogens is 525 g/mol. The van der Waals surface area contributed by atoms with Crippen LogP contribution in [0.3, 0.4) is 0 Å². The Kier molecular flexibility index (Phi) is 9.11. The molecule has 4 amide bonds. The maximum absolute atomic E-state index is 13.4. The zero-order chi connectivity index (χ0) is 29.6. The lowest BCUT2D eigenvalue weighted by Crippen LogP contribution is -2.55. The van der Waals surface area contributed by atoms with Crippen LogP contribution in [0.1, 0.15) is 47.1 Å². The topological polar surface area (TPSA) is 103 Å². The minimum Gasteiger partial charge on any atom is -0.497 e. The van der Waals surface area contributed by atoms with E-state index in [1.807, 2.05) is 20.8 Å². The van der Waals surface area contributed by atoms with Crippen molar-refractivity contribution in [1.29, 1.82) is 0 Å². The van der Waals surface area contributed by atoms with Crippen molar-refractivity contribution in [2.45, 2.75) is 32.9 Å². The summed E-state index contributed by atoms with van der Waals surface area (Å²) in [6, 6.07) is 17.7. The van der Waals surface area contributed by atoms with Crippen LogP contribution in [0.15, 0.2) is 66.7 Å². The minimum absolute atomic E-state index is 0.119. The van der Waals surface area contributed by atoms with Gasteiger partial charge in [-0.05, 0) is 80.9 Å². The number of benzene rings is 3. The Morgan fingerprint density at radius 1 is 0.878 bits per heavy atom. The van der Waals surface area contributed by atoms with Gasteiger partial charge in [-0.1, -0.05) is 12.1 Å². The van der Waals surface area contributed by atoms with Crippen LogP contribution in [0.5, 0.6) is 5.75 Å². The van der Waals surface area contributed by atoms with Gasteiger partial charge in [-0.25, -0.2) is 9.18 Å². The van der Waals surface area contributed by atoms with E-state index in [0.29, 0.717) is 54.4 Å². The van der Waals surface area contributed by atoms with Crippen LogP contribution in [0.25, 0.3) is 0 Å². The van der Waals surface area contributed by atoms with Crippen LogP contribution >= 0.6 is 0 Å². The molecule has 0 spiro atoms. The standard InChI is InChI=1S/C31H36FN5O4/c1-31(2,3)35-30(40)37-17-15-36(16-18-37)27-14-11-24(34-28(38)22-7-12-25(41-4)13-8-22)19-26(27)29(39)33-20-21-5-9-23(32)10-6-21/h5-14,19H,15-18,20H2,1-4H3,(H,33,39)(H,34,38)(H,35,40). The van der Waals surface area contributed by atoms with E-state index in [0.717, 1.165) is 5.56 Å². The summed E-state index contributed by atoms with van der Waals surface area (Å²) in [7, 11) is 1.56. The van der Waals surface area contributed by atoms with Crippen LogP contribution in [0, 0.1) is 5.82 Å². The molecule has 1 saturated heterocycles. The highest BCUT2D eigenvalue weighted by molar-refractivity contribution is 6.06. The van der Waals surface area contributed by atoms with Crippen LogP contribution < -0.4 is 25.6 Å². The van der Waals surface area contributed by atoms with E-state index in [9.17, 15) is 18.8 Å². The maximum atomic E-state index is 13.4. The van der Waals surface area contributed by atoms with Crippen molar-refractivity contribution in [3.63, 3.8) is 0 Å². The zero-order valence-electron chi connectivity index (χ0n) is 23.8. The number of hydrogen-bond donors (Lipinski definition) is 3. The van der Waals surface area contributed by atoms with Gasteiger partial charge in [-0.2, -0.15) is 0 Å². The highest BCUT2D eigenvalue weighted by atomic mass is 19.1. The van der Waals surface area contributed by atoms with Gasteiger partial charge < -0.3 is 30.5 Å². The SMILES string of the molecule is COc1ccc(C(=O)Nc2ccc(N3CCN(C(=O)NC(C)(C)C)CC3)c(C(=O)NCc3ccc(F)cc3)c2)cc1. The molecule has 1 aliphatic rings. The summed E-state index contributed by atoms with van der Waals surface area (Å²) in [6.07, 6.45) is 0. The lowest BCUT2D eigenvalue weighted by Gasteiger charge is -2.38. The number of urea groups is 1. The number of piperazine rings is 1. The van der Waals surface area contributed by atoms with Gasteiger partial charge in [0.15, 0.2) is 0 Å². The first kappa shape index (κ1) is 29.4. The zero-order valence-corrected chi connectivity index (χ0v) is 23.8. The normalized spacial score (nSPS) is 13.4. The molecule has 1 fully saturated rings. The van der Waals surface area contributed by atoms with E-state index < -0.39 is 0 Å².